The van der Waals surface area contributed by atoms with E-state index in [9.17, 15) is 0 Å². The third-order valence-corrected chi connectivity index (χ3v) is 0. The summed E-state index contributed by atoms with van der Waals surface area (Å²) >= 11 is 0. The molecule has 1 nitrogen and oxygen atoms in total. The Morgan fingerprint density at radius 1 is 1.40 bits per heavy atom. The normalized spacial score (nSPS) is 7.00. The van der Waals surface area contributed by atoms with E-state index in [2.05, 4.69) is 0 Å². The summed E-state index contributed by atoms with van der Waals surface area (Å²) in [5.41, 5.74) is 0. The molecule has 30 valence electrons. The molecule has 0 saturated heterocycles. The molecule has 0 unspecified atom stereocenters. The van der Waals surface area contributed by atoms with Crippen molar-refractivity contribution in [3.8, 4) is 0 Å². The van der Waals surface area contributed by atoms with Crippen molar-refractivity contribution in [2.75, 3.05) is 14.1 Å². The summed E-state index contributed by atoms with van der Waals surface area (Å²) in [6, 6.07) is 0. The van der Waals surface area contributed by atoms with Crippen molar-refractivity contribution < 1.29 is 0 Å². The molecule has 0 aliphatic carbocycles. The molecule has 0 N–H and O–H groups in total. The first-order valence-corrected chi connectivity index (χ1v) is 1.15. The van der Waals surface area contributed by atoms with Gasteiger partial charge in [0.2, 0.25) is 0 Å². The summed E-state index contributed by atoms with van der Waals surface area (Å²) < 4.78 is 0. The molecule has 3 heteroatoms. The summed E-state index contributed by atoms with van der Waals surface area (Å²) in [4.78, 5) is 1.50. The van der Waals surface area contributed by atoms with Gasteiger partial charge in [-0.05, 0) is 14.1 Å². The molecule has 0 amide bonds. The number of hydrogen-bond acceptors (Lipinski definition) is 1. The van der Waals surface area contributed by atoms with E-state index in [1.807, 2.05) is 0 Å². The van der Waals surface area contributed by atoms with Crippen LogP contribution in [-0.2, 0) is 0 Å². The van der Waals surface area contributed by atoms with Crippen LogP contribution in [0.5, 0.6) is 0 Å². The highest BCUT2D eigenvalue weighted by atomic mass is 79.9. The van der Waals surface area contributed by atoms with Crippen LogP contribution in [-0.4, -0.2) is 26.9 Å². The van der Waals surface area contributed by atoms with Gasteiger partial charge in [0.05, 0.1) is 0 Å². The third-order valence-electron chi connectivity index (χ3n) is 0. The molecule has 0 aromatic rings. The Hall–Kier alpha value is 0.505. The molecule has 5 heavy (non-hydrogen) atoms. The Morgan fingerprint density at radius 2 is 1.40 bits per heavy atom. The van der Waals surface area contributed by atoms with Crippen molar-refractivity contribution in [2.24, 2.45) is 0 Å². The van der Waals surface area contributed by atoms with E-state index in [1.165, 1.54) is 4.81 Å². The van der Waals surface area contributed by atoms with Crippen LogP contribution in [0, 0.1) is 0 Å². The van der Waals surface area contributed by atoms with Gasteiger partial charge in [0, 0.05) is 0 Å². The van der Waals surface area contributed by atoms with Gasteiger partial charge in [-0.25, -0.2) is 0 Å². The lowest BCUT2D eigenvalue weighted by atomic mass is 10.4. The van der Waals surface area contributed by atoms with Crippen LogP contribution < -0.4 is 0 Å². The second-order valence-corrected chi connectivity index (χ2v) is 0.964. The smallest absolute Gasteiger partial charge is 0.181 e. The van der Waals surface area contributed by atoms with E-state index in [1.54, 1.807) is 14.1 Å². The van der Waals surface area contributed by atoms with Gasteiger partial charge >= 0.3 is 0 Å². The van der Waals surface area contributed by atoms with Crippen molar-refractivity contribution in [1.29, 1.82) is 0 Å². The van der Waals surface area contributed by atoms with Gasteiger partial charge in [-0.15, -0.1) is 17.0 Å². The van der Waals surface area contributed by atoms with Gasteiger partial charge in [0.15, 0.2) is 7.98 Å². The lowest BCUT2D eigenvalue weighted by Crippen LogP contribution is -2.02. The topological polar surface area (TPSA) is 3.24 Å². The molecule has 0 atom stereocenters. The molecule has 2 radical (unpaired) electrons. The van der Waals surface area contributed by atoms with Crippen LogP contribution in [0.3, 0.4) is 0 Å². The maximum Gasteiger partial charge on any atom is 0.181 e. The predicted molar refractivity (Wildman–Crippen MR) is 29.8 cm³/mol. The van der Waals surface area contributed by atoms with E-state index in [-0.39, 0.29) is 17.0 Å². The maximum absolute atomic E-state index is 4.94. The van der Waals surface area contributed by atoms with Crippen molar-refractivity contribution in [1.82, 2.24) is 4.81 Å². The Morgan fingerprint density at radius 3 is 1.40 bits per heavy atom. The first kappa shape index (κ1) is 9.09. The van der Waals surface area contributed by atoms with Crippen LogP contribution in [0.25, 0.3) is 0 Å². The minimum absolute atomic E-state index is 0. The van der Waals surface area contributed by atoms with Crippen LogP contribution in [0.15, 0.2) is 0 Å². The molecule has 0 spiro atoms. The Balaban J connectivity index is 0. The zero-order valence-electron chi connectivity index (χ0n) is 3.43. The van der Waals surface area contributed by atoms with E-state index < -0.39 is 0 Å². The monoisotopic (exact) mass is 135 g/mol. The lowest BCUT2D eigenvalue weighted by molar-refractivity contribution is 0.679. The molecule has 0 rings (SSSR count). The average Bonchev–Trinajstić information content (AvgIpc) is 0.811. The highest BCUT2D eigenvalue weighted by Crippen LogP contribution is 1.44. The molecule has 0 bridgehead atoms. The first-order valence-electron chi connectivity index (χ1n) is 1.15. The fraction of sp³-hybridized carbons (Fsp3) is 1.00. The Kier molecular flexibility index (Phi) is 8.19. The molecule has 0 aliphatic rings. The summed E-state index contributed by atoms with van der Waals surface area (Å²) in [5.74, 6) is 0. The van der Waals surface area contributed by atoms with Crippen molar-refractivity contribution in [3.63, 3.8) is 0 Å². The van der Waals surface area contributed by atoms with Crippen molar-refractivity contribution in [3.05, 3.63) is 0 Å². The first-order chi connectivity index (χ1) is 1.73. The van der Waals surface area contributed by atoms with Gasteiger partial charge < -0.3 is 4.81 Å². The Labute approximate surface area is 44.6 Å². The van der Waals surface area contributed by atoms with E-state index >= 15 is 0 Å². The third kappa shape index (κ3) is 111. The molecule has 0 aromatic heterocycles. The highest BCUT2D eigenvalue weighted by Gasteiger charge is 1.59. The molecule has 0 heterocycles. The summed E-state index contributed by atoms with van der Waals surface area (Å²) in [6.45, 7) is 0. The van der Waals surface area contributed by atoms with E-state index in [0.29, 0.717) is 0 Å². The van der Waals surface area contributed by atoms with Crippen LogP contribution >= 0.6 is 17.0 Å². The quantitative estimate of drug-likeness (QED) is 0.430. The standard InChI is InChI=1S/C2H6BN.BrH/c1-4(2)3;/h1-2H3;1H. The highest BCUT2D eigenvalue weighted by molar-refractivity contribution is 8.93. The number of rotatable bonds is 0. The van der Waals surface area contributed by atoms with E-state index in [4.69, 9.17) is 7.98 Å². The van der Waals surface area contributed by atoms with Gasteiger partial charge in [0.1, 0.15) is 0 Å². The van der Waals surface area contributed by atoms with Crippen LogP contribution in [0.4, 0.5) is 0 Å². The van der Waals surface area contributed by atoms with Gasteiger partial charge in [0.25, 0.3) is 0 Å². The van der Waals surface area contributed by atoms with Gasteiger partial charge in [-0.3, -0.25) is 0 Å². The molecule has 0 aromatic carbocycles. The summed E-state index contributed by atoms with van der Waals surface area (Å²) in [5, 5.41) is 0. The predicted octanol–water partition coefficient (Wildman–Crippen LogP) is 0.209. The van der Waals surface area contributed by atoms with E-state index in [0.717, 1.165) is 0 Å². The average molecular weight is 136 g/mol. The number of halogens is 1. The minimum atomic E-state index is 0. The number of hydrogen-bond donors (Lipinski definition) is 0. The zero-order chi connectivity index (χ0) is 3.58. The largest absolute Gasteiger partial charge is 0.359 e. The van der Waals surface area contributed by atoms with Crippen LogP contribution in [0.1, 0.15) is 0 Å². The van der Waals surface area contributed by atoms with Crippen molar-refractivity contribution >= 4 is 25.0 Å². The van der Waals surface area contributed by atoms with Crippen LogP contribution in [0.2, 0.25) is 0 Å². The molecule has 0 aliphatic heterocycles. The lowest BCUT2D eigenvalue weighted by Gasteiger charge is -1.90. The molecule has 0 saturated carbocycles. The fourth-order valence-corrected chi connectivity index (χ4v) is 0. The van der Waals surface area contributed by atoms with Crippen molar-refractivity contribution in [2.45, 2.75) is 0 Å². The van der Waals surface area contributed by atoms with Gasteiger partial charge in [-0.2, -0.15) is 0 Å². The second-order valence-electron chi connectivity index (χ2n) is 0.964. The maximum atomic E-state index is 4.94. The van der Waals surface area contributed by atoms with Gasteiger partial charge in [-0.1, -0.05) is 0 Å². The second kappa shape index (κ2) is 4.50. The molecular weight excluding hydrogens is 129 g/mol. The molecule has 0 fully saturated rings. The summed E-state index contributed by atoms with van der Waals surface area (Å²) in [7, 11) is 8.50. The SMILES string of the molecule is Br.[B]N(C)C. The fourth-order valence-electron chi connectivity index (χ4n) is 0. The zero-order valence-corrected chi connectivity index (χ0v) is 5.15. The summed E-state index contributed by atoms with van der Waals surface area (Å²) in [6.07, 6.45) is 0. The minimum Gasteiger partial charge on any atom is -0.359 e. The number of nitrogens with zero attached hydrogens (tertiary/aromatic N) is 1. The Bertz CT molecular complexity index is 14.4. The molecular formula is C2H7BBrN.